The number of Topliss-reactive ketones (excluding diaryl/α,β-unsaturated/α-hetero) is 1. The number of carbonyl (C=O) groups excluding carboxylic acids is 1. The number of aromatic hydroxyl groups is 2. The summed E-state index contributed by atoms with van der Waals surface area (Å²) in [6.45, 7) is 1.01. The van der Waals surface area contributed by atoms with Crippen LogP contribution in [-0.4, -0.2) is 27.1 Å². The Balaban J connectivity index is 3.64. The van der Waals surface area contributed by atoms with E-state index < -0.39 is 53.1 Å². The molecular formula is C10H13NO4. The van der Waals surface area contributed by atoms with Crippen molar-refractivity contribution in [3.63, 3.8) is 0 Å². The first-order chi connectivity index (χ1) is 8.53. The Morgan fingerprint density at radius 2 is 2.13 bits per heavy atom. The standard InChI is InChI=1S/C10H13NO4/c1-5(12)9(11)10(15)6-2-3-7(13)8(14)4-6/h2-4,9-10,13-15H,11H2,1H3/t9-,10+/m1/s1/i2D,3D,4D,10D. The molecule has 0 aliphatic heterocycles. The van der Waals surface area contributed by atoms with E-state index in [9.17, 15) is 20.1 Å². The van der Waals surface area contributed by atoms with Gasteiger partial charge in [0.2, 0.25) is 0 Å². The van der Waals surface area contributed by atoms with Crippen LogP contribution in [0.3, 0.4) is 0 Å². The molecule has 5 nitrogen and oxygen atoms in total. The number of benzene rings is 1. The fourth-order valence-electron chi connectivity index (χ4n) is 0.866. The predicted molar refractivity (Wildman–Crippen MR) is 53.4 cm³/mol. The van der Waals surface area contributed by atoms with Crippen molar-refractivity contribution in [3.8, 4) is 11.5 Å². The molecule has 0 saturated heterocycles. The largest absolute Gasteiger partial charge is 0.504 e. The van der Waals surface area contributed by atoms with E-state index >= 15 is 0 Å². The number of hydrogen-bond acceptors (Lipinski definition) is 5. The molecular weight excluding hydrogens is 198 g/mol. The molecule has 0 bridgehead atoms. The smallest absolute Gasteiger partial charge is 0.157 e. The lowest BCUT2D eigenvalue weighted by Crippen LogP contribution is -2.35. The van der Waals surface area contributed by atoms with E-state index in [1.165, 1.54) is 0 Å². The van der Waals surface area contributed by atoms with Gasteiger partial charge in [0, 0.05) is 0 Å². The second-order valence-corrected chi connectivity index (χ2v) is 2.92. The Morgan fingerprint density at radius 3 is 2.67 bits per heavy atom. The third-order valence-electron chi connectivity index (χ3n) is 1.76. The van der Waals surface area contributed by atoms with Crippen LogP contribution in [0.1, 0.15) is 24.1 Å². The van der Waals surface area contributed by atoms with Gasteiger partial charge in [0.05, 0.1) is 11.5 Å². The van der Waals surface area contributed by atoms with Gasteiger partial charge >= 0.3 is 0 Å². The molecule has 15 heavy (non-hydrogen) atoms. The number of rotatable bonds is 3. The average Bonchev–Trinajstić information content (AvgIpc) is 2.32. The topological polar surface area (TPSA) is 104 Å². The first-order valence-corrected chi connectivity index (χ1v) is 4.04. The third kappa shape index (κ3) is 2.45. The second-order valence-electron chi connectivity index (χ2n) is 2.92. The van der Waals surface area contributed by atoms with Gasteiger partial charge in [-0.2, -0.15) is 0 Å². The summed E-state index contributed by atoms with van der Waals surface area (Å²) in [5.41, 5.74) is 4.53. The second kappa shape index (κ2) is 4.29. The predicted octanol–water partition coefficient (Wildman–Crippen LogP) is 0.0475. The molecule has 5 heteroatoms. The molecule has 1 aromatic rings. The van der Waals surface area contributed by atoms with Crippen LogP contribution in [0.5, 0.6) is 11.5 Å². The van der Waals surface area contributed by atoms with E-state index in [0.29, 0.717) is 0 Å². The van der Waals surface area contributed by atoms with Gasteiger partial charge in [-0.15, -0.1) is 0 Å². The quantitative estimate of drug-likeness (QED) is 0.533. The fraction of sp³-hybridized carbons (Fsp3) is 0.300. The van der Waals surface area contributed by atoms with E-state index in [1.807, 2.05) is 0 Å². The van der Waals surface area contributed by atoms with Gasteiger partial charge in [0.1, 0.15) is 11.9 Å². The van der Waals surface area contributed by atoms with Crippen molar-refractivity contribution in [2.24, 2.45) is 5.73 Å². The first-order valence-electron chi connectivity index (χ1n) is 6.04. The highest BCUT2D eigenvalue weighted by molar-refractivity contribution is 5.82. The molecule has 0 aliphatic carbocycles. The summed E-state index contributed by atoms with van der Waals surface area (Å²) >= 11 is 0. The van der Waals surface area contributed by atoms with Crippen molar-refractivity contribution in [1.82, 2.24) is 0 Å². The van der Waals surface area contributed by atoms with Crippen LogP contribution in [0.4, 0.5) is 0 Å². The van der Waals surface area contributed by atoms with Crippen LogP contribution < -0.4 is 5.73 Å². The molecule has 0 aliphatic rings. The Bertz CT molecular complexity index is 518. The molecule has 0 saturated carbocycles. The highest BCUT2D eigenvalue weighted by Gasteiger charge is 2.21. The number of ketones is 1. The fourth-order valence-corrected chi connectivity index (χ4v) is 0.866. The number of phenols is 2. The summed E-state index contributed by atoms with van der Waals surface area (Å²) < 4.78 is 30.0. The van der Waals surface area contributed by atoms with Gasteiger partial charge in [-0.05, 0) is 24.6 Å². The van der Waals surface area contributed by atoms with Crippen molar-refractivity contribution in [2.45, 2.75) is 19.0 Å². The zero-order valence-corrected chi connectivity index (χ0v) is 7.90. The zero-order valence-electron chi connectivity index (χ0n) is 11.9. The van der Waals surface area contributed by atoms with Crippen molar-refractivity contribution < 1.29 is 25.6 Å². The Labute approximate surface area is 92.4 Å². The van der Waals surface area contributed by atoms with Crippen molar-refractivity contribution >= 4 is 5.78 Å². The van der Waals surface area contributed by atoms with Gasteiger partial charge in [-0.3, -0.25) is 4.79 Å². The minimum absolute atomic E-state index is 0.768. The lowest BCUT2D eigenvalue weighted by molar-refractivity contribution is -0.120. The molecule has 0 amide bonds. The molecule has 0 spiro atoms. The van der Waals surface area contributed by atoms with Crippen LogP contribution in [0.2, 0.25) is 0 Å². The summed E-state index contributed by atoms with van der Waals surface area (Å²) in [6.07, 6.45) is -2.86. The van der Waals surface area contributed by atoms with E-state index in [-0.39, 0.29) is 0 Å². The molecule has 0 radical (unpaired) electrons. The zero-order chi connectivity index (χ0) is 15.1. The third-order valence-corrected chi connectivity index (χ3v) is 1.76. The Morgan fingerprint density at radius 1 is 1.53 bits per heavy atom. The van der Waals surface area contributed by atoms with Crippen LogP contribution >= 0.6 is 0 Å². The summed E-state index contributed by atoms with van der Waals surface area (Å²) in [5, 5.41) is 28.6. The van der Waals surface area contributed by atoms with Crippen molar-refractivity contribution in [1.29, 1.82) is 0 Å². The molecule has 0 fully saturated rings. The highest BCUT2D eigenvalue weighted by Crippen LogP contribution is 2.28. The van der Waals surface area contributed by atoms with Gasteiger partial charge in [-0.1, -0.05) is 6.04 Å². The average molecular weight is 215 g/mol. The summed E-state index contributed by atoms with van der Waals surface area (Å²) in [6, 6.07) is -4.41. The maximum Gasteiger partial charge on any atom is 0.157 e. The molecule has 2 atom stereocenters. The first kappa shape index (κ1) is 6.81. The van der Waals surface area contributed by atoms with Crippen LogP contribution in [0, 0.1) is 0 Å². The van der Waals surface area contributed by atoms with E-state index in [4.69, 9.17) is 11.2 Å². The van der Waals surface area contributed by atoms with Gasteiger partial charge in [0.15, 0.2) is 11.5 Å². The lowest BCUT2D eigenvalue weighted by Gasteiger charge is -2.16. The van der Waals surface area contributed by atoms with E-state index in [1.54, 1.807) is 0 Å². The van der Waals surface area contributed by atoms with Gasteiger partial charge in [0.25, 0.3) is 0 Å². The maximum absolute atomic E-state index is 11.1. The molecule has 0 heterocycles. The molecule has 0 aromatic heterocycles. The Kier molecular flexibility index (Phi) is 1.95. The molecule has 1 aromatic carbocycles. The number of nitrogens with two attached hydrogens (primary N) is 1. The van der Waals surface area contributed by atoms with Crippen LogP contribution in [0.25, 0.3) is 0 Å². The molecule has 82 valence electrons. The number of carbonyl (C=O) groups is 1. The summed E-state index contributed by atoms with van der Waals surface area (Å²) in [4.78, 5) is 11.1. The number of aliphatic hydroxyl groups is 1. The summed E-state index contributed by atoms with van der Waals surface area (Å²) in [7, 11) is 0. The minimum Gasteiger partial charge on any atom is -0.504 e. The SMILES string of the molecule is [2H]c1c([2H])c([C@]([2H])(O)[C@H](N)C(C)=O)c([2H])c(O)c1O. The van der Waals surface area contributed by atoms with Gasteiger partial charge in [-0.25, -0.2) is 0 Å². The molecule has 5 N–H and O–H groups in total. The van der Waals surface area contributed by atoms with Crippen LogP contribution in [0.15, 0.2) is 18.1 Å². The molecule has 0 unspecified atom stereocenters. The normalized spacial score (nSPS) is 20.5. The Hall–Kier alpha value is -1.59. The lowest BCUT2D eigenvalue weighted by atomic mass is 10.00. The van der Waals surface area contributed by atoms with Gasteiger partial charge < -0.3 is 21.1 Å². The number of phenolic OH excluding ortho intramolecular Hbond substituents is 2. The minimum atomic E-state index is -2.86. The van der Waals surface area contributed by atoms with Crippen molar-refractivity contribution in [3.05, 3.63) is 23.7 Å². The van der Waals surface area contributed by atoms with Crippen LogP contribution in [-0.2, 0) is 4.79 Å². The van der Waals surface area contributed by atoms with Crippen molar-refractivity contribution in [2.75, 3.05) is 0 Å². The molecule has 1 rings (SSSR count). The summed E-state index contributed by atoms with van der Waals surface area (Å²) in [5.74, 6) is -2.83. The van der Waals surface area contributed by atoms with E-state index in [0.717, 1.165) is 6.92 Å². The number of hydrogen-bond donors (Lipinski definition) is 4. The monoisotopic (exact) mass is 215 g/mol. The van der Waals surface area contributed by atoms with E-state index in [2.05, 4.69) is 0 Å². The maximum atomic E-state index is 11.1. The highest BCUT2D eigenvalue weighted by atomic mass is 16.3.